The number of aromatic amines is 1. The lowest BCUT2D eigenvalue weighted by atomic mass is 10.1. The summed E-state index contributed by atoms with van der Waals surface area (Å²) in [5, 5.41) is 36.2. The number of nitrogen functional groups attached to an aromatic ring is 1. The summed E-state index contributed by atoms with van der Waals surface area (Å²) in [5.41, 5.74) is 6.69. The molecule has 4 heterocycles. The van der Waals surface area contributed by atoms with Gasteiger partial charge in [0.2, 0.25) is 0 Å². The van der Waals surface area contributed by atoms with Crippen LogP contribution >= 0.6 is 0 Å². The highest BCUT2D eigenvalue weighted by molar-refractivity contribution is 5.95. The zero-order chi connectivity index (χ0) is 20.7. The van der Waals surface area contributed by atoms with Gasteiger partial charge in [-0.2, -0.15) is 5.10 Å². The van der Waals surface area contributed by atoms with Crippen molar-refractivity contribution >= 4 is 23.0 Å². The molecular weight excluding hydrogens is 386 g/mol. The number of aromatic nitrogens is 6. The number of hydrogen-bond donors (Lipinski definition) is 5. The number of H-pyrrole nitrogens is 1. The van der Waals surface area contributed by atoms with Gasteiger partial charge in [0.15, 0.2) is 23.5 Å². The van der Waals surface area contributed by atoms with E-state index < -0.39 is 37.1 Å². The van der Waals surface area contributed by atoms with Crippen molar-refractivity contribution in [1.29, 1.82) is 0 Å². The van der Waals surface area contributed by atoms with E-state index in [4.69, 9.17) is 15.2 Å². The predicted octanol–water partition coefficient (Wildman–Crippen LogP) is -1.41. The number of nitrogens with two attached hydrogens (primary N) is 1. The third kappa shape index (κ3) is 3.09. The molecule has 1 saturated heterocycles. The van der Waals surface area contributed by atoms with Gasteiger partial charge in [0.25, 0.3) is 0 Å². The van der Waals surface area contributed by atoms with Crippen LogP contribution in [-0.2, 0) is 9.47 Å². The van der Waals surface area contributed by atoms with E-state index in [2.05, 4.69) is 25.1 Å². The Kier molecular flexibility index (Phi) is 4.87. The van der Waals surface area contributed by atoms with Crippen LogP contribution in [0.2, 0.25) is 0 Å². The number of aliphatic hydroxyl groups is 3. The molecule has 0 unspecified atom stereocenters. The van der Waals surface area contributed by atoms with Crippen LogP contribution in [0.4, 0.5) is 5.82 Å². The van der Waals surface area contributed by atoms with Gasteiger partial charge in [0.1, 0.15) is 35.1 Å². The molecule has 0 spiro atoms. The molecule has 4 rings (SSSR count). The molecule has 0 aromatic carbocycles. The Morgan fingerprint density at radius 2 is 2.17 bits per heavy atom. The maximum atomic E-state index is 12.1. The lowest BCUT2D eigenvalue weighted by Gasteiger charge is -2.16. The molecule has 6 N–H and O–H groups in total. The fourth-order valence-electron chi connectivity index (χ4n) is 3.17. The first kappa shape index (κ1) is 19.2. The first-order valence-electron chi connectivity index (χ1n) is 8.80. The van der Waals surface area contributed by atoms with Crippen molar-refractivity contribution in [3.05, 3.63) is 18.1 Å². The van der Waals surface area contributed by atoms with E-state index in [9.17, 15) is 20.1 Å². The Bertz CT molecular complexity index is 1050. The highest BCUT2D eigenvalue weighted by Gasteiger charge is 2.44. The molecule has 4 atom stereocenters. The van der Waals surface area contributed by atoms with Gasteiger partial charge >= 0.3 is 5.97 Å². The number of anilines is 1. The molecule has 154 valence electrons. The predicted molar refractivity (Wildman–Crippen MR) is 96.3 cm³/mol. The smallest absolute Gasteiger partial charge is 0.342 e. The Hall–Kier alpha value is -3.13. The average molecular weight is 405 g/mol. The van der Waals surface area contributed by atoms with E-state index in [-0.39, 0.29) is 40.7 Å². The quantitative estimate of drug-likeness (QED) is 0.313. The second-order valence-corrected chi connectivity index (χ2v) is 6.35. The van der Waals surface area contributed by atoms with Crippen LogP contribution in [0, 0.1) is 0 Å². The molecule has 13 heteroatoms. The standard InChI is InChI=1S/C16H19N7O6/c1-2-28-16(27)6-3-19-22-8(6)13-20-12(17)9-14(21-13)23(5-18-9)15-11(26)10(25)7(4-24)29-15/h3,5,7,10-11,15,24-26H,2,4H2,1H3,(H,19,22)(H2,17,20,21)/t7-,10-,11-,15-/m1/s1. The minimum Gasteiger partial charge on any atom is -0.462 e. The number of aliphatic hydroxyl groups excluding tert-OH is 3. The van der Waals surface area contributed by atoms with Gasteiger partial charge in [-0.05, 0) is 6.92 Å². The minimum absolute atomic E-state index is 0.0216. The number of imidazole rings is 1. The molecule has 1 fully saturated rings. The number of nitrogens with zero attached hydrogens (tertiary/aromatic N) is 5. The highest BCUT2D eigenvalue weighted by Crippen LogP contribution is 2.32. The molecule has 0 saturated carbocycles. The zero-order valence-corrected chi connectivity index (χ0v) is 15.3. The van der Waals surface area contributed by atoms with Crippen molar-refractivity contribution < 1.29 is 29.6 Å². The maximum Gasteiger partial charge on any atom is 0.342 e. The number of fused-ring (bicyclic) bond motifs is 1. The highest BCUT2D eigenvalue weighted by atomic mass is 16.6. The van der Waals surface area contributed by atoms with E-state index in [1.54, 1.807) is 6.92 Å². The van der Waals surface area contributed by atoms with Gasteiger partial charge < -0.3 is 30.5 Å². The Balaban J connectivity index is 1.80. The lowest BCUT2D eigenvalue weighted by molar-refractivity contribution is -0.0511. The number of esters is 1. The van der Waals surface area contributed by atoms with Gasteiger partial charge in [-0.15, -0.1) is 0 Å². The third-order valence-electron chi connectivity index (χ3n) is 4.59. The van der Waals surface area contributed by atoms with Crippen LogP contribution < -0.4 is 5.73 Å². The molecule has 0 aliphatic carbocycles. The number of hydrogen-bond acceptors (Lipinski definition) is 11. The van der Waals surface area contributed by atoms with Crippen molar-refractivity contribution in [3.63, 3.8) is 0 Å². The molecule has 13 nitrogen and oxygen atoms in total. The molecular formula is C16H19N7O6. The van der Waals surface area contributed by atoms with Gasteiger partial charge in [0, 0.05) is 6.20 Å². The summed E-state index contributed by atoms with van der Waals surface area (Å²) < 4.78 is 11.9. The number of nitrogens with one attached hydrogen (secondary N) is 1. The fraction of sp³-hybridized carbons (Fsp3) is 0.438. The molecule has 0 amide bonds. The molecule has 0 bridgehead atoms. The summed E-state index contributed by atoms with van der Waals surface area (Å²) in [6.45, 7) is 1.39. The number of carbonyl (C=O) groups is 1. The summed E-state index contributed by atoms with van der Waals surface area (Å²) in [6, 6.07) is 0. The van der Waals surface area contributed by atoms with Crippen molar-refractivity contribution in [1.82, 2.24) is 29.7 Å². The third-order valence-corrected chi connectivity index (χ3v) is 4.59. The Morgan fingerprint density at radius 3 is 2.86 bits per heavy atom. The van der Waals surface area contributed by atoms with E-state index in [0.29, 0.717) is 0 Å². The van der Waals surface area contributed by atoms with E-state index >= 15 is 0 Å². The van der Waals surface area contributed by atoms with Crippen LogP contribution in [0.25, 0.3) is 22.7 Å². The molecule has 3 aromatic heterocycles. The normalized spacial score (nSPS) is 24.3. The van der Waals surface area contributed by atoms with E-state index in [0.717, 1.165) is 0 Å². The van der Waals surface area contributed by atoms with Crippen LogP contribution in [0.1, 0.15) is 23.5 Å². The van der Waals surface area contributed by atoms with Gasteiger partial charge in [0.05, 0.1) is 19.5 Å². The second kappa shape index (κ2) is 7.36. The fourth-order valence-corrected chi connectivity index (χ4v) is 3.17. The second-order valence-electron chi connectivity index (χ2n) is 6.35. The van der Waals surface area contributed by atoms with E-state index in [1.807, 2.05) is 0 Å². The van der Waals surface area contributed by atoms with Gasteiger partial charge in [-0.25, -0.2) is 19.7 Å². The molecule has 29 heavy (non-hydrogen) atoms. The van der Waals surface area contributed by atoms with E-state index in [1.165, 1.54) is 17.1 Å². The van der Waals surface area contributed by atoms with Gasteiger partial charge in [-0.3, -0.25) is 9.67 Å². The molecule has 1 aliphatic rings. The minimum atomic E-state index is -1.33. The van der Waals surface area contributed by atoms with Crippen molar-refractivity contribution in [2.45, 2.75) is 31.5 Å². The first-order chi connectivity index (χ1) is 14.0. The van der Waals surface area contributed by atoms with Crippen molar-refractivity contribution in [2.75, 3.05) is 18.9 Å². The summed E-state index contributed by atoms with van der Waals surface area (Å²) >= 11 is 0. The lowest BCUT2D eigenvalue weighted by Crippen LogP contribution is -2.33. The number of carbonyl (C=O) groups excluding carboxylic acids is 1. The number of rotatable bonds is 5. The summed E-state index contributed by atoms with van der Waals surface area (Å²) in [5.74, 6) is -0.545. The maximum absolute atomic E-state index is 12.1. The van der Waals surface area contributed by atoms with Crippen LogP contribution in [0.5, 0.6) is 0 Å². The van der Waals surface area contributed by atoms with Crippen molar-refractivity contribution in [3.8, 4) is 11.5 Å². The zero-order valence-electron chi connectivity index (χ0n) is 15.3. The summed E-state index contributed by atoms with van der Waals surface area (Å²) in [4.78, 5) is 24.8. The molecule has 0 radical (unpaired) electrons. The summed E-state index contributed by atoms with van der Waals surface area (Å²) in [7, 11) is 0. The number of ether oxygens (including phenoxy) is 2. The van der Waals surface area contributed by atoms with Gasteiger partial charge in [-0.1, -0.05) is 0 Å². The van der Waals surface area contributed by atoms with Crippen LogP contribution in [-0.4, -0.2) is 82.5 Å². The topological polar surface area (TPSA) is 195 Å². The monoisotopic (exact) mass is 405 g/mol. The first-order valence-corrected chi connectivity index (χ1v) is 8.80. The SMILES string of the molecule is CCOC(=O)c1c[nH]nc1-c1nc(N)c2ncn([C@@H]3O[C@H](CO)[C@@H](O)[C@H]3O)c2n1. The summed E-state index contributed by atoms with van der Waals surface area (Å²) in [6.07, 6.45) is -1.95. The van der Waals surface area contributed by atoms with Crippen LogP contribution in [0.3, 0.4) is 0 Å². The van der Waals surface area contributed by atoms with Crippen molar-refractivity contribution in [2.24, 2.45) is 0 Å². The average Bonchev–Trinajstić information content (AvgIpc) is 3.41. The Labute approximate surface area is 163 Å². The van der Waals surface area contributed by atoms with Crippen LogP contribution in [0.15, 0.2) is 12.5 Å². The molecule has 1 aliphatic heterocycles. The largest absolute Gasteiger partial charge is 0.462 e. The molecule has 3 aromatic rings. The Morgan fingerprint density at radius 1 is 1.38 bits per heavy atom.